The predicted octanol–water partition coefficient (Wildman–Crippen LogP) is 5.73. The lowest BCUT2D eigenvalue weighted by molar-refractivity contribution is -0.122. The molecule has 1 aliphatic heterocycles. The van der Waals surface area contributed by atoms with Crippen molar-refractivity contribution < 1.29 is 22.8 Å². The van der Waals surface area contributed by atoms with Gasteiger partial charge in [0.25, 0.3) is 0 Å². The molecule has 2 fully saturated rings. The first-order chi connectivity index (χ1) is 21.6. The zero-order valence-electron chi connectivity index (χ0n) is 24.9. The quantitative estimate of drug-likeness (QED) is 0.196. The molecule has 1 aliphatic carbocycles. The number of urea groups is 1. The van der Waals surface area contributed by atoms with Crippen LogP contribution in [0.25, 0.3) is 0 Å². The second-order valence-electron chi connectivity index (χ2n) is 11.3. The monoisotopic (exact) mass is 623 g/mol. The van der Waals surface area contributed by atoms with Crippen molar-refractivity contribution in [3.05, 3.63) is 65.6 Å². The number of guanidine groups is 1. The first kappa shape index (κ1) is 31.5. The number of likely N-dealkylation sites (tertiary alicyclic amines) is 1. The van der Waals surface area contributed by atoms with Gasteiger partial charge in [0.05, 0.1) is 11.7 Å². The number of aryl methyl sites for hydroxylation is 1. The number of halogens is 3. The lowest BCUT2D eigenvalue weighted by Crippen LogP contribution is -2.44. The predicted molar refractivity (Wildman–Crippen MR) is 167 cm³/mol. The van der Waals surface area contributed by atoms with E-state index in [1.54, 1.807) is 16.4 Å². The number of rotatable bonds is 7. The van der Waals surface area contributed by atoms with Crippen LogP contribution in [0.15, 0.2) is 52.4 Å². The topological polar surface area (TPSA) is 142 Å². The van der Waals surface area contributed by atoms with Crippen LogP contribution in [0.2, 0.25) is 0 Å². The smallest absolute Gasteiger partial charge is 0.321 e. The van der Waals surface area contributed by atoms with Gasteiger partial charge in [-0.25, -0.2) is 32.9 Å². The molecule has 11 nitrogen and oxygen atoms in total. The Morgan fingerprint density at radius 3 is 2.36 bits per heavy atom. The average molecular weight is 624 g/mol. The van der Waals surface area contributed by atoms with Crippen LogP contribution in [-0.2, 0) is 4.79 Å². The molecule has 238 valence electrons. The van der Waals surface area contributed by atoms with E-state index in [2.05, 4.69) is 32.6 Å². The minimum Gasteiger partial charge on any atom is -0.369 e. The largest absolute Gasteiger partial charge is 0.369 e. The van der Waals surface area contributed by atoms with E-state index in [0.717, 1.165) is 12.8 Å². The summed E-state index contributed by atoms with van der Waals surface area (Å²) in [5.41, 5.74) is 6.16. The van der Waals surface area contributed by atoms with E-state index in [0.29, 0.717) is 68.1 Å². The number of imidazole rings is 1. The maximum absolute atomic E-state index is 14.6. The Kier molecular flexibility index (Phi) is 9.69. The van der Waals surface area contributed by atoms with Gasteiger partial charge >= 0.3 is 6.03 Å². The van der Waals surface area contributed by atoms with E-state index >= 15 is 0 Å². The van der Waals surface area contributed by atoms with Crippen molar-refractivity contribution in [1.29, 1.82) is 0 Å². The number of anilines is 4. The Morgan fingerprint density at radius 2 is 1.71 bits per heavy atom. The number of primary amides is 1. The molecule has 1 atom stereocenters. The molecular formula is C31H36F3N9O2. The summed E-state index contributed by atoms with van der Waals surface area (Å²) in [5.74, 6) is -3.14. The van der Waals surface area contributed by atoms with Crippen LogP contribution in [0.4, 0.5) is 41.1 Å². The Balaban J connectivity index is 1.40. The molecular weight excluding hydrogens is 587 g/mol. The first-order valence-electron chi connectivity index (χ1n) is 14.8. The SMILES string of the molecule is C=NC(=N[C@@H]1CCCN(C(=O)Nc2ccccc2)C1)Nc1c(C)nc(Nc2c(F)cc(F)cc2F)n1C1CCC(C(N)=O)CC1. The maximum atomic E-state index is 14.6. The number of para-hydroxylation sites is 1. The van der Waals surface area contributed by atoms with Crippen LogP contribution in [0, 0.1) is 30.3 Å². The molecule has 2 aliphatic rings. The Labute approximate surface area is 258 Å². The molecule has 45 heavy (non-hydrogen) atoms. The lowest BCUT2D eigenvalue weighted by Gasteiger charge is -2.31. The molecule has 1 aromatic heterocycles. The van der Waals surface area contributed by atoms with Gasteiger partial charge in [0.1, 0.15) is 17.3 Å². The number of carbonyl (C=O) groups excluding carboxylic acids is 2. The molecule has 1 saturated heterocycles. The van der Waals surface area contributed by atoms with Crippen molar-refractivity contribution in [3.8, 4) is 0 Å². The third-order valence-electron chi connectivity index (χ3n) is 8.19. The van der Waals surface area contributed by atoms with Gasteiger partial charge < -0.3 is 26.6 Å². The molecule has 0 radical (unpaired) electrons. The van der Waals surface area contributed by atoms with Gasteiger partial charge in [0.2, 0.25) is 17.8 Å². The van der Waals surface area contributed by atoms with Gasteiger partial charge in [-0.3, -0.25) is 9.36 Å². The highest BCUT2D eigenvalue weighted by Crippen LogP contribution is 2.39. The molecule has 3 aromatic rings. The highest BCUT2D eigenvalue weighted by Gasteiger charge is 2.31. The van der Waals surface area contributed by atoms with Gasteiger partial charge in [0, 0.05) is 42.9 Å². The van der Waals surface area contributed by atoms with Crippen LogP contribution < -0.4 is 21.7 Å². The van der Waals surface area contributed by atoms with Crippen LogP contribution in [0.3, 0.4) is 0 Å². The molecule has 0 bridgehead atoms. The summed E-state index contributed by atoms with van der Waals surface area (Å²) in [4.78, 5) is 39.8. The second-order valence-corrected chi connectivity index (χ2v) is 11.3. The van der Waals surface area contributed by atoms with E-state index in [1.165, 1.54) is 0 Å². The number of carbonyl (C=O) groups is 2. The molecule has 5 rings (SSSR count). The van der Waals surface area contributed by atoms with Crippen molar-refractivity contribution in [2.75, 3.05) is 29.0 Å². The number of aromatic nitrogens is 2. The Hall–Kier alpha value is -4.88. The van der Waals surface area contributed by atoms with E-state index < -0.39 is 23.1 Å². The number of amides is 3. The van der Waals surface area contributed by atoms with Crippen LogP contribution in [0.5, 0.6) is 0 Å². The number of benzene rings is 2. The fourth-order valence-corrected chi connectivity index (χ4v) is 5.89. The summed E-state index contributed by atoms with van der Waals surface area (Å²) in [6, 6.07) is 9.64. The zero-order valence-corrected chi connectivity index (χ0v) is 24.9. The van der Waals surface area contributed by atoms with Crippen LogP contribution >= 0.6 is 0 Å². The fraction of sp³-hybridized carbons (Fsp3) is 0.387. The number of hydrogen-bond donors (Lipinski definition) is 4. The van der Waals surface area contributed by atoms with Crippen LogP contribution in [-0.4, -0.2) is 58.2 Å². The van der Waals surface area contributed by atoms with Crippen molar-refractivity contribution >= 4 is 47.8 Å². The van der Waals surface area contributed by atoms with Crippen molar-refractivity contribution in [2.24, 2.45) is 21.6 Å². The molecule has 1 saturated carbocycles. The Morgan fingerprint density at radius 1 is 1.02 bits per heavy atom. The summed E-state index contributed by atoms with van der Waals surface area (Å²) in [7, 11) is 0. The third kappa shape index (κ3) is 7.44. The number of nitrogens with one attached hydrogen (secondary N) is 3. The number of nitrogens with two attached hydrogens (primary N) is 1. The molecule has 5 N–H and O–H groups in total. The van der Waals surface area contributed by atoms with Crippen LogP contribution in [0.1, 0.15) is 50.3 Å². The number of hydrogen-bond acceptors (Lipinski definition) is 5. The average Bonchev–Trinajstić information content (AvgIpc) is 3.33. The summed E-state index contributed by atoms with van der Waals surface area (Å²) in [6.45, 7) is 6.34. The summed E-state index contributed by atoms with van der Waals surface area (Å²) in [5, 5.41) is 8.80. The molecule has 2 aromatic carbocycles. The second kappa shape index (κ2) is 13.8. The van der Waals surface area contributed by atoms with Crippen molar-refractivity contribution in [3.63, 3.8) is 0 Å². The molecule has 2 heterocycles. The van der Waals surface area contributed by atoms with E-state index in [-0.39, 0.29) is 41.8 Å². The highest BCUT2D eigenvalue weighted by molar-refractivity contribution is 5.96. The summed E-state index contributed by atoms with van der Waals surface area (Å²) in [6.07, 6.45) is 3.61. The van der Waals surface area contributed by atoms with Crippen molar-refractivity contribution in [2.45, 2.75) is 57.5 Å². The van der Waals surface area contributed by atoms with E-state index in [1.807, 2.05) is 30.3 Å². The number of nitrogens with zero attached hydrogens (tertiary/aromatic N) is 5. The maximum Gasteiger partial charge on any atom is 0.321 e. The van der Waals surface area contributed by atoms with Gasteiger partial charge in [0.15, 0.2) is 11.6 Å². The summed E-state index contributed by atoms with van der Waals surface area (Å²) < 4.78 is 44.6. The zero-order chi connectivity index (χ0) is 32.1. The van der Waals surface area contributed by atoms with Gasteiger partial charge in [-0.05, 0) is 64.3 Å². The van der Waals surface area contributed by atoms with Gasteiger partial charge in [-0.15, -0.1) is 0 Å². The molecule has 14 heteroatoms. The van der Waals surface area contributed by atoms with Gasteiger partial charge in [-0.2, -0.15) is 0 Å². The minimum atomic E-state index is -1.11. The third-order valence-corrected chi connectivity index (χ3v) is 8.19. The standard InChI is InChI=1S/C31H36F3N9O2/c1-18-28(41-29(36-2)38-22-9-6-14-42(17-22)31(45)39-21-7-4-3-5-8-21)43(23-12-10-19(11-13-23)27(35)44)30(37-18)40-26-24(33)15-20(32)16-25(26)34/h3-5,7-8,15-16,19,22-23H,2,6,9-14,17H2,1H3,(H2,35,44)(H,37,40)(H,38,41)(H,39,45)/t19?,22-,23?/m1/s1. The molecule has 3 amide bonds. The highest BCUT2D eigenvalue weighted by atomic mass is 19.1. The number of aliphatic imine (C=N–C) groups is 2. The Bertz CT molecular complexity index is 1560. The van der Waals surface area contributed by atoms with Gasteiger partial charge in [-0.1, -0.05) is 18.2 Å². The summed E-state index contributed by atoms with van der Waals surface area (Å²) >= 11 is 0. The molecule has 0 spiro atoms. The minimum absolute atomic E-state index is 0.117. The molecule has 0 unspecified atom stereocenters. The van der Waals surface area contributed by atoms with E-state index in [4.69, 9.17) is 10.7 Å². The first-order valence-corrected chi connectivity index (χ1v) is 14.8. The number of piperidine rings is 1. The fourth-order valence-electron chi connectivity index (χ4n) is 5.89. The lowest BCUT2D eigenvalue weighted by atomic mass is 9.85. The van der Waals surface area contributed by atoms with E-state index in [9.17, 15) is 22.8 Å². The van der Waals surface area contributed by atoms with Crippen molar-refractivity contribution in [1.82, 2.24) is 14.5 Å². The normalized spacial score (nSPS) is 20.4.